The van der Waals surface area contributed by atoms with Crippen molar-refractivity contribution < 1.29 is 9.59 Å². The van der Waals surface area contributed by atoms with Gasteiger partial charge in [0.05, 0.1) is 16.9 Å². The maximum absolute atomic E-state index is 12.7. The molecule has 1 aliphatic heterocycles. The molecule has 2 amide bonds. The number of hydrogen-bond donors (Lipinski definition) is 1. The van der Waals surface area contributed by atoms with Crippen molar-refractivity contribution in [3.63, 3.8) is 0 Å². The van der Waals surface area contributed by atoms with Crippen molar-refractivity contribution in [1.29, 1.82) is 0 Å². The van der Waals surface area contributed by atoms with E-state index < -0.39 is 0 Å². The Morgan fingerprint density at radius 3 is 2.60 bits per heavy atom. The molecule has 0 spiro atoms. The molecule has 20 heavy (non-hydrogen) atoms. The van der Waals surface area contributed by atoms with Gasteiger partial charge in [-0.05, 0) is 46.9 Å². The summed E-state index contributed by atoms with van der Waals surface area (Å²) in [4.78, 5) is 25.9. The maximum atomic E-state index is 12.7. The Morgan fingerprint density at radius 2 is 1.80 bits per heavy atom. The minimum absolute atomic E-state index is 0.0425. The van der Waals surface area contributed by atoms with E-state index in [4.69, 9.17) is 0 Å². The van der Waals surface area contributed by atoms with Crippen molar-refractivity contribution in [2.24, 2.45) is 0 Å². The van der Waals surface area contributed by atoms with Crippen LogP contribution >= 0.6 is 22.6 Å². The van der Waals surface area contributed by atoms with Crippen molar-refractivity contribution in [3.8, 4) is 0 Å². The van der Waals surface area contributed by atoms with Crippen molar-refractivity contribution in [2.75, 3.05) is 16.8 Å². The van der Waals surface area contributed by atoms with E-state index in [-0.39, 0.29) is 18.4 Å². The average molecular weight is 378 g/mol. The number of rotatable bonds is 1. The lowest BCUT2D eigenvalue weighted by Crippen LogP contribution is -2.42. The van der Waals surface area contributed by atoms with E-state index in [2.05, 4.69) is 27.9 Å². The minimum Gasteiger partial charge on any atom is -0.323 e. The van der Waals surface area contributed by atoms with E-state index in [0.29, 0.717) is 11.3 Å². The predicted octanol–water partition coefficient (Wildman–Crippen LogP) is 2.89. The standard InChI is InChI=1S/C15H11IN2O2/c16-11-6-2-1-5-10(11)15(20)18-9-14(19)17-12-7-3-4-8-13(12)18/h1-8H,9H2,(H,17,19). The number of anilines is 2. The number of para-hydroxylation sites is 2. The third-order valence-corrected chi connectivity index (χ3v) is 4.06. The molecule has 0 fully saturated rings. The molecule has 0 saturated carbocycles. The Bertz CT molecular complexity index is 700. The monoisotopic (exact) mass is 378 g/mol. The van der Waals surface area contributed by atoms with Crippen LogP contribution in [0.1, 0.15) is 10.4 Å². The van der Waals surface area contributed by atoms with Crippen LogP contribution in [0.2, 0.25) is 0 Å². The first-order chi connectivity index (χ1) is 9.66. The van der Waals surface area contributed by atoms with E-state index in [1.807, 2.05) is 36.4 Å². The lowest BCUT2D eigenvalue weighted by atomic mass is 10.1. The molecule has 4 nitrogen and oxygen atoms in total. The van der Waals surface area contributed by atoms with Crippen molar-refractivity contribution in [3.05, 3.63) is 57.7 Å². The second kappa shape index (κ2) is 5.24. The number of fused-ring (bicyclic) bond motifs is 1. The van der Waals surface area contributed by atoms with Gasteiger partial charge < -0.3 is 5.32 Å². The Kier molecular flexibility index (Phi) is 3.43. The third kappa shape index (κ3) is 2.29. The Labute approximate surface area is 129 Å². The number of benzene rings is 2. The summed E-state index contributed by atoms with van der Waals surface area (Å²) >= 11 is 2.13. The van der Waals surface area contributed by atoms with Crippen molar-refractivity contribution in [2.45, 2.75) is 0 Å². The molecule has 1 N–H and O–H groups in total. The van der Waals surface area contributed by atoms with Gasteiger partial charge in [-0.15, -0.1) is 0 Å². The highest BCUT2D eigenvalue weighted by Gasteiger charge is 2.28. The van der Waals surface area contributed by atoms with Gasteiger partial charge >= 0.3 is 0 Å². The minimum atomic E-state index is -0.178. The topological polar surface area (TPSA) is 49.4 Å². The first kappa shape index (κ1) is 13.1. The summed E-state index contributed by atoms with van der Waals surface area (Å²) in [6, 6.07) is 14.7. The summed E-state index contributed by atoms with van der Waals surface area (Å²) in [5.41, 5.74) is 2.01. The van der Waals surface area contributed by atoms with Gasteiger partial charge in [0, 0.05) is 3.57 Å². The number of nitrogens with zero attached hydrogens (tertiary/aromatic N) is 1. The molecule has 0 aliphatic carbocycles. The first-order valence-corrected chi connectivity index (χ1v) is 7.20. The van der Waals surface area contributed by atoms with Gasteiger partial charge in [-0.1, -0.05) is 24.3 Å². The number of amides is 2. The molecule has 1 heterocycles. The number of nitrogens with one attached hydrogen (secondary N) is 1. The fourth-order valence-electron chi connectivity index (χ4n) is 2.19. The molecule has 0 bridgehead atoms. The summed E-state index contributed by atoms with van der Waals surface area (Å²) < 4.78 is 0.874. The first-order valence-electron chi connectivity index (χ1n) is 6.12. The summed E-state index contributed by atoms with van der Waals surface area (Å²) in [7, 11) is 0. The Hall–Kier alpha value is -1.89. The van der Waals surface area contributed by atoms with Gasteiger partial charge in [-0.25, -0.2) is 0 Å². The van der Waals surface area contributed by atoms with E-state index in [9.17, 15) is 9.59 Å². The van der Waals surface area contributed by atoms with Gasteiger partial charge in [-0.2, -0.15) is 0 Å². The highest BCUT2D eigenvalue weighted by Crippen LogP contribution is 2.30. The lowest BCUT2D eigenvalue weighted by molar-refractivity contribution is -0.115. The zero-order valence-electron chi connectivity index (χ0n) is 10.5. The molecule has 0 unspecified atom stereocenters. The van der Waals surface area contributed by atoms with E-state index in [1.54, 1.807) is 12.1 Å². The number of carbonyl (C=O) groups is 2. The molecular formula is C15H11IN2O2. The van der Waals surface area contributed by atoms with Crippen LogP contribution in [0.25, 0.3) is 0 Å². The predicted molar refractivity (Wildman–Crippen MR) is 85.9 cm³/mol. The highest BCUT2D eigenvalue weighted by molar-refractivity contribution is 14.1. The smallest absolute Gasteiger partial charge is 0.259 e. The average Bonchev–Trinajstić information content (AvgIpc) is 2.46. The Morgan fingerprint density at radius 1 is 1.10 bits per heavy atom. The molecule has 2 aromatic rings. The maximum Gasteiger partial charge on any atom is 0.259 e. The highest BCUT2D eigenvalue weighted by atomic mass is 127. The molecule has 0 aromatic heterocycles. The van der Waals surface area contributed by atoms with Crippen LogP contribution in [0.3, 0.4) is 0 Å². The third-order valence-electron chi connectivity index (χ3n) is 3.12. The van der Waals surface area contributed by atoms with Crippen LogP contribution in [0.4, 0.5) is 11.4 Å². The van der Waals surface area contributed by atoms with E-state index >= 15 is 0 Å². The van der Waals surface area contributed by atoms with Gasteiger partial charge in [0.15, 0.2) is 0 Å². The number of hydrogen-bond acceptors (Lipinski definition) is 2. The van der Waals surface area contributed by atoms with Crippen LogP contribution in [0, 0.1) is 3.57 Å². The second-order valence-electron chi connectivity index (χ2n) is 4.44. The molecule has 3 rings (SSSR count). The number of carbonyl (C=O) groups excluding carboxylic acids is 2. The molecule has 2 aromatic carbocycles. The molecular weight excluding hydrogens is 367 g/mol. The van der Waals surface area contributed by atoms with Gasteiger partial charge in [0.1, 0.15) is 6.54 Å². The van der Waals surface area contributed by atoms with Gasteiger partial charge in [0.2, 0.25) is 5.91 Å². The quantitative estimate of drug-likeness (QED) is 0.776. The summed E-state index contributed by atoms with van der Waals surface area (Å²) in [5.74, 6) is -0.333. The van der Waals surface area contributed by atoms with Crippen LogP contribution < -0.4 is 10.2 Å². The van der Waals surface area contributed by atoms with Crippen LogP contribution in [-0.4, -0.2) is 18.4 Å². The molecule has 100 valence electrons. The van der Waals surface area contributed by atoms with Crippen molar-refractivity contribution >= 4 is 45.8 Å². The lowest BCUT2D eigenvalue weighted by Gasteiger charge is -2.29. The fraction of sp³-hybridized carbons (Fsp3) is 0.0667. The molecule has 5 heteroatoms. The van der Waals surface area contributed by atoms with Crippen molar-refractivity contribution in [1.82, 2.24) is 0 Å². The summed E-state index contributed by atoms with van der Waals surface area (Å²) in [6.45, 7) is 0.0425. The molecule has 0 saturated heterocycles. The summed E-state index contributed by atoms with van der Waals surface area (Å²) in [5, 5.41) is 2.78. The van der Waals surface area contributed by atoms with E-state index in [1.165, 1.54) is 4.90 Å². The molecule has 0 atom stereocenters. The molecule has 0 radical (unpaired) electrons. The zero-order chi connectivity index (χ0) is 14.1. The fourth-order valence-corrected chi connectivity index (χ4v) is 2.81. The van der Waals surface area contributed by atoms with Gasteiger partial charge in [-0.3, -0.25) is 14.5 Å². The largest absolute Gasteiger partial charge is 0.323 e. The van der Waals surface area contributed by atoms with Crippen LogP contribution in [0.15, 0.2) is 48.5 Å². The van der Waals surface area contributed by atoms with Gasteiger partial charge in [0.25, 0.3) is 5.91 Å². The summed E-state index contributed by atoms with van der Waals surface area (Å²) in [6.07, 6.45) is 0. The normalized spacial score (nSPS) is 13.7. The number of halogens is 1. The van der Waals surface area contributed by atoms with E-state index in [0.717, 1.165) is 9.26 Å². The zero-order valence-corrected chi connectivity index (χ0v) is 12.6. The Balaban J connectivity index is 2.05. The second-order valence-corrected chi connectivity index (χ2v) is 5.60. The van der Waals surface area contributed by atoms with Crippen LogP contribution in [-0.2, 0) is 4.79 Å². The van der Waals surface area contributed by atoms with Crippen LogP contribution in [0.5, 0.6) is 0 Å². The molecule has 1 aliphatic rings. The SMILES string of the molecule is O=C1CN(C(=O)c2ccccc2I)c2ccccc2N1.